The fraction of sp³-hybridized carbons (Fsp3) is 0.579. The predicted molar refractivity (Wildman–Crippen MR) is 85.8 cm³/mol. The van der Waals surface area contributed by atoms with Crippen molar-refractivity contribution in [1.82, 2.24) is 0 Å². The van der Waals surface area contributed by atoms with Crippen molar-refractivity contribution in [2.75, 3.05) is 6.61 Å². The van der Waals surface area contributed by atoms with E-state index in [2.05, 4.69) is 43.8 Å². The molecule has 0 radical (unpaired) electrons. The molecule has 0 unspecified atom stereocenters. The first-order valence-electron chi connectivity index (χ1n) is 8.08. The highest BCUT2D eigenvalue weighted by Gasteiger charge is 2.62. The van der Waals surface area contributed by atoms with E-state index in [0.29, 0.717) is 18.4 Å². The maximum atomic E-state index is 9.77. The average molecular weight is 272 g/mol. The lowest BCUT2D eigenvalue weighted by molar-refractivity contribution is 0.257. The summed E-state index contributed by atoms with van der Waals surface area (Å²) in [7, 11) is 0. The Morgan fingerprint density at radius 2 is 1.90 bits per heavy atom. The van der Waals surface area contributed by atoms with Gasteiger partial charge in [-0.3, -0.25) is 0 Å². The van der Waals surface area contributed by atoms with E-state index in [1.54, 1.807) is 0 Å². The highest BCUT2D eigenvalue weighted by Crippen LogP contribution is 2.64. The van der Waals surface area contributed by atoms with Crippen LogP contribution in [0, 0.1) is 11.8 Å². The van der Waals surface area contributed by atoms with Gasteiger partial charge in [-0.05, 0) is 30.2 Å². The number of allylic oxidation sites excluding steroid dienone is 1. The zero-order chi connectivity index (χ0) is 14.4. The molecule has 0 amide bonds. The molecule has 0 bridgehead atoms. The first kappa shape index (κ1) is 15.3. The van der Waals surface area contributed by atoms with Crippen LogP contribution in [0.2, 0.25) is 0 Å². The van der Waals surface area contributed by atoms with Crippen molar-refractivity contribution in [3.8, 4) is 0 Å². The molecule has 0 saturated heterocycles. The summed E-state index contributed by atoms with van der Waals surface area (Å²) in [5.74, 6) is 0.999. The second kappa shape index (κ2) is 7.08. The Morgan fingerprint density at radius 1 is 1.15 bits per heavy atom. The topological polar surface area (TPSA) is 20.2 Å². The highest BCUT2D eigenvalue weighted by molar-refractivity contribution is 5.37. The second-order valence-electron chi connectivity index (χ2n) is 6.14. The van der Waals surface area contributed by atoms with Crippen LogP contribution >= 0.6 is 0 Å². The summed E-state index contributed by atoms with van der Waals surface area (Å²) in [6, 6.07) is 10.8. The van der Waals surface area contributed by atoms with E-state index in [1.165, 1.54) is 37.7 Å². The summed E-state index contributed by atoms with van der Waals surface area (Å²) in [5.41, 5.74) is 1.63. The molecule has 3 atom stereocenters. The van der Waals surface area contributed by atoms with Crippen LogP contribution in [0.5, 0.6) is 0 Å². The Morgan fingerprint density at radius 3 is 2.50 bits per heavy atom. The molecule has 0 heterocycles. The van der Waals surface area contributed by atoms with E-state index in [1.807, 2.05) is 6.08 Å². The number of hydrogen-bond acceptors (Lipinski definition) is 1. The fourth-order valence-electron chi connectivity index (χ4n) is 3.98. The van der Waals surface area contributed by atoms with E-state index in [0.717, 1.165) is 6.42 Å². The monoisotopic (exact) mass is 272 g/mol. The van der Waals surface area contributed by atoms with Crippen LogP contribution in [0.25, 0.3) is 0 Å². The Labute approximate surface area is 123 Å². The minimum Gasteiger partial charge on any atom is -0.396 e. The lowest BCUT2D eigenvalue weighted by Crippen LogP contribution is -2.13. The molecular formula is C19H28O. The highest BCUT2D eigenvalue weighted by atomic mass is 16.3. The standard InChI is InChI=1S/C19H28O/c1-3-5-6-10-14-19(16-12-8-7-9-13-16)17(11-4-2)18(19)15-20/h4,7-9,12-13,17-18,20H,2-3,5-6,10-11,14-15H2,1H3/t17-,18+,19-/m1/s1. The summed E-state index contributed by atoms with van der Waals surface area (Å²) >= 11 is 0. The zero-order valence-electron chi connectivity index (χ0n) is 12.7. The summed E-state index contributed by atoms with van der Waals surface area (Å²) in [6.45, 7) is 6.45. The fourth-order valence-corrected chi connectivity index (χ4v) is 3.98. The van der Waals surface area contributed by atoms with Gasteiger partial charge >= 0.3 is 0 Å². The third-order valence-electron chi connectivity index (χ3n) is 5.07. The Hall–Kier alpha value is -1.08. The van der Waals surface area contributed by atoms with Gasteiger partial charge in [0.25, 0.3) is 0 Å². The second-order valence-corrected chi connectivity index (χ2v) is 6.14. The molecule has 1 aromatic rings. The van der Waals surface area contributed by atoms with Crippen LogP contribution in [0.1, 0.15) is 51.0 Å². The van der Waals surface area contributed by atoms with Crippen molar-refractivity contribution < 1.29 is 5.11 Å². The van der Waals surface area contributed by atoms with Gasteiger partial charge in [0, 0.05) is 12.0 Å². The average Bonchev–Trinajstić information content (AvgIpc) is 3.12. The van der Waals surface area contributed by atoms with E-state index in [4.69, 9.17) is 0 Å². The summed E-state index contributed by atoms with van der Waals surface area (Å²) in [5, 5.41) is 9.77. The number of hydrogen-bond donors (Lipinski definition) is 1. The number of aliphatic hydroxyl groups excluding tert-OH is 1. The Bertz CT molecular complexity index is 411. The van der Waals surface area contributed by atoms with Gasteiger partial charge in [-0.25, -0.2) is 0 Å². The number of rotatable bonds is 9. The van der Waals surface area contributed by atoms with Crippen molar-refractivity contribution >= 4 is 0 Å². The predicted octanol–water partition coefficient (Wildman–Crippen LogP) is 4.71. The lowest BCUT2D eigenvalue weighted by atomic mass is 9.85. The molecule has 1 fully saturated rings. The number of benzene rings is 1. The van der Waals surface area contributed by atoms with Gasteiger partial charge in [0.15, 0.2) is 0 Å². The van der Waals surface area contributed by atoms with Crippen LogP contribution in [0.15, 0.2) is 43.0 Å². The van der Waals surface area contributed by atoms with Crippen molar-refractivity contribution in [2.24, 2.45) is 11.8 Å². The minimum atomic E-state index is 0.206. The molecule has 20 heavy (non-hydrogen) atoms. The first-order valence-corrected chi connectivity index (χ1v) is 8.08. The van der Waals surface area contributed by atoms with Gasteiger partial charge in [-0.1, -0.05) is 69.0 Å². The minimum absolute atomic E-state index is 0.206. The molecule has 1 aliphatic rings. The van der Waals surface area contributed by atoms with E-state index in [9.17, 15) is 5.11 Å². The molecule has 0 spiro atoms. The van der Waals surface area contributed by atoms with Gasteiger partial charge < -0.3 is 5.11 Å². The molecule has 110 valence electrons. The maximum Gasteiger partial charge on any atom is 0.0471 e. The van der Waals surface area contributed by atoms with Crippen LogP contribution in [-0.4, -0.2) is 11.7 Å². The smallest absolute Gasteiger partial charge is 0.0471 e. The summed E-state index contributed by atoms with van der Waals surface area (Å²) in [4.78, 5) is 0. The SMILES string of the molecule is C=CC[C@@H]1[C@H](CO)[C@]1(CCCCCC)c1ccccc1. The van der Waals surface area contributed by atoms with Gasteiger partial charge in [0.1, 0.15) is 0 Å². The van der Waals surface area contributed by atoms with E-state index >= 15 is 0 Å². The van der Waals surface area contributed by atoms with Crippen LogP contribution in [0.4, 0.5) is 0 Å². The third kappa shape index (κ3) is 2.83. The molecule has 1 aliphatic carbocycles. The van der Waals surface area contributed by atoms with Crippen molar-refractivity contribution in [3.05, 3.63) is 48.6 Å². The molecule has 1 saturated carbocycles. The normalized spacial score (nSPS) is 28.3. The Kier molecular flexibility index (Phi) is 5.42. The molecule has 0 aliphatic heterocycles. The maximum absolute atomic E-state index is 9.77. The van der Waals surface area contributed by atoms with Gasteiger partial charge in [0.05, 0.1) is 0 Å². The van der Waals surface area contributed by atoms with Crippen LogP contribution in [0.3, 0.4) is 0 Å². The van der Waals surface area contributed by atoms with Gasteiger partial charge in [-0.2, -0.15) is 0 Å². The van der Waals surface area contributed by atoms with E-state index < -0.39 is 0 Å². The lowest BCUT2D eigenvalue weighted by Gasteiger charge is -2.19. The molecule has 2 rings (SSSR count). The van der Waals surface area contributed by atoms with Crippen LogP contribution in [-0.2, 0) is 5.41 Å². The summed E-state index contributed by atoms with van der Waals surface area (Å²) in [6.07, 6.45) is 9.42. The van der Waals surface area contributed by atoms with Crippen LogP contribution < -0.4 is 0 Å². The molecular weight excluding hydrogens is 244 g/mol. The first-order chi connectivity index (χ1) is 9.81. The quantitative estimate of drug-likeness (QED) is 0.510. The largest absolute Gasteiger partial charge is 0.396 e. The van der Waals surface area contributed by atoms with Crippen molar-refractivity contribution in [2.45, 2.75) is 50.9 Å². The van der Waals surface area contributed by atoms with Gasteiger partial charge in [0.2, 0.25) is 0 Å². The number of aliphatic hydroxyl groups is 1. The molecule has 1 nitrogen and oxygen atoms in total. The third-order valence-corrected chi connectivity index (χ3v) is 5.07. The molecule has 1 aromatic carbocycles. The van der Waals surface area contributed by atoms with Crippen molar-refractivity contribution in [1.29, 1.82) is 0 Å². The Balaban J connectivity index is 2.14. The van der Waals surface area contributed by atoms with Gasteiger partial charge in [-0.15, -0.1) is 6.58 Å². The number of unbranched alkanes of at least 4 members (excludes halogenated alkanes) is 3. The summed E-state index contributed by atoms with van der Waals surface area (Å²) < 4.78 is 0. The molecule has 1 N–H and O–H groups in total. The zero-order valence-corrected chi connectivity index (χ0v) is 12.7. The van der Waals surface area contributed by atoms with Crippen molar-refractivity contribution in [3.63, 3.8) is 0 Å². The molecule has 0 aromatic heterocycles. The molecule has 1 heteroatoms. The van der Waals surface area contributed by atoms with E-state index in [-0.39, 0.29) is 5.41 Å².